The van der Waals surface area contributed by atoms with Gasteiger partial charge in [0, 0.05) is 11.0 Å². The van der Waals surface area contributed by atoms with Gasteiger partial charge in [0.25, 0.3) is 0 Å². The predicted octanol–water partition coefficient (Wildman–Crippen LogP) is 4.25. The molecule has 4 saturated carbocycles. The van der Waals surface area contributed by atoms with E-state index in [1.807, 2.05) is 0 Å². The zero-order chi connectivity index (χ0) is 14.7. The molecule has 0 spiro atoms. The van der Waals surface area contributed by atoms with Crippen molar-refractivity contribution in [3.8, 4) is 11.4 Å². The molecule has 6 rings (SSSR count). The first kappa shape index (κ1) is 12.9. The van der Waals surface area contributed by atoms with Crippen molar-refractivity contribution >= 4 is 0 Å². The van der Waals surface area contributed by atoms with Crippen LogP contribution in [0.3, 0.4) is 0 Å². The Morgan fingerprint density at radius 1 is 0.955 bits per heavy atom. The molecule has 1 aromatic heterocycles. The molecule has 4 aliphatic carbocycles. The van der Waals surface area contributed by atoms with Crippen molar-refractivity contribution in [1.29, 1.82) is 0 Å². The molecule has 0 saturated heterocycles. The fourth-order valence-corrected chi connectivity index (χ4v) is 5.73. The molecule has 1 N–H and O–H groups in total. The van der Waals surface area contributed by atoms with Gasteiger partial charge in [0.2, 0.25) is 0 Å². The van der Waals surface area contributed by atoms with Crippen LogP contribution in [0.1, 0.15) is 49.9 Å². The molecule has 4 bridgehead atoms. The molecule has 3 nitrogen and oxygen atoms in total. The van der Waals surface area contributed by atoms with Crippen molar-refractivity contribution in [2.24, 2.45) is 17.8 Å². The lowest BCUT2D eigenvalue weighted by Gasteiger charge is -2.55. The number of hydrogen-bond acceptors (Lipinski definition) is 2. The molecule has 4 aliphatic rings. The Balaban J connectivity index is 1.50. The summed E-state index contributed by atoms with van der Waals surface area (Å²) in [5.41, 5.74) is 2.71. The fourth-order valence-electron chi connectivity index (χ4n) is 5.73. The van der Waals surface area contributed by atoms with Gasteiger partial charge >= 0.3 is 0 Å². The van der Waals surface area contributed by atoms with E-state index in [2.05, 4.69) is 41.4 Å². The van der Waals surface area contributed by atoms with Crippen LogP contribution >= 0.6 is 0 Å². The van der Waals surface area contributed by atoms with E-state index >= 15 is 0 Å². The number of hydrogen-bond donors (Lipinski definition) is 1. The highest BCUT2D eigenvalue weighted by atomic mass is 15.2. The van der Waals surface area contributed by atoms with E-state index in [-0.39, 0.29) is 0 Å². The molecule has 114 valence electrons. The van der Waals surface area contributed by atoms with E-state index in [1.54, 1.807) is 0 Å². The summed E-state index contributed by atoms with van der Waals surface area (Å²) >= 11 is 0. The first-order valence-electron chi connectivity index (χ1n) is 8.70. The number of benzene rings is 1. The number of nitrogens with one attached hydrogen (secondary N) is 1. The number of aromatic amines is 1. The summed E-state index contributed by atoms with van der Waals surface area (Å²) in [6.45, 7) is 2.11. The van der Waals surface area contributed by atoms with Gasteiger partial charge in [-0.1, -0.05) is 29.8 Å². The highest BCUT2D eigenvalue weighted by Gasteiger charge is 2.53. The number of nitrogens with zero attached hydrogens (tertiary/aromatic N) is 2. The van der Waals surface area contributed by atoms with Crippen molar-refractivity contribution in [2.45, 2.75) is 50.9 Å². The first-order chi connectivity index (χ1) is 10.7. The summed E-state index contributed by atoms with van der Waals surface area (Å²) in [6.07, 6.45) is 8.42. The lowest BCUT2D eigenvalue weighted by molar-refractivity contribution is -0.00920. The van der Waals surface area contributed by atoms with Gasteiger partial charge in [0.1, 0.15) is 5.82 Å². The van der Waals surface area contributed by atoms with Gasteiger partial charge in [-0.2, -0.15) is 5.10 Å². The van der Waals surface area contributed by atoms with Crippen LogP contribution in [0.4, 0.5) is 0 Å². The summed E-state index contributed by atoms with van der Waals surface area (Å²) in [6, 6.07) is 8.52. The minimum absolute atomic E-state index is 0.310. The normalized spacial score (nSPS) is 36.0. The fraction of sp³-hybridized carbons (Fsp3) is 0.579. The maximum absolute atomic E-state index is 4.93. The zero-order valence-corrected chi connectivity index (χ0v) is 13.2. The Hall–Kier alpha value is -1.64. The van der Waals surface area contributed by atoms with Crippen molar-refractivity contribution in [3.05, 3.63) is 35.7 Å². The quantitative estimate of drug-likeness (QED) is 0.899. The van der Waals surface area contributed by atoms with Crippen LogP contribution in [0.2, 0.25) is 0 Å². The summed E-state index contributed by atoms with van der Waals surface area (Å²) < 4.78 is 0. The molecule has 0 aliphatic heterocycles. The second-order valence-corrected chi connectivity index (χ2v) is 8.07. The average molecular weight is 293 g/mol. The molecular weight excluding hydrogens is 270 g/mol. The highest BCUT2D eigenvalue weighted by molar-refractivity contribution is 5.55. The van der Waals surface area contributed by atoms with Gasteiger partial charge in [0.15, 0.2) is 5.82 Å². The molecular formula is C19H23N3. The molecule has 1 aromatic carbocycles. The second kappa shape index (κ2) is 4.43. The number of aryl methyl sites for hydroxylation is 1. The third kappa shape index (κ3) is 1.87. The largest absolute Gasteiger partial charge is 0.262 e. The molecule has 0 radical (unpaired) electrons. The van der Waals surface area contributed by atoms with E-state index in [0.717, 1.165) is 29.1 Å². The molecule has 0 atom stereocenters. The third-order valence-electron chi connectivity index (χ3n) is 6.34. The van der Waals surface area contributed by atoms with Crippen LogP contribution in [0.5, 0.6) is 0 Å². The van der Waals surface area contributed by atoms with E-state index in [4.69, 9.17) is 4.98 Å². The van der Waals surface area contributed by atoms with Gasteiger partial charge < -0.3 is 0 Å². The van der Waals surface area contributed by atoms with Crippen LogP contribution in [-0.2, 0) is 5.41 Å². The molecule has 1 heterocycles. The minimum Gasteiger partial charge on any atom is -0.262 e. The van der Waals surface area contributed by atoms with Crippen LogP contribution < -0.4 is 0 Å². The first-order valence-corrected chi connectivity index (χ1v) is 8.70. The summed E-state index contributed by atoms with van der Waals surface area (Å²) in [4.78, 5) is 4.93. The van der Waals surface area contributed by atoms with Gasteiger partial charge in [-0.3, -0.25) is 5.10 Å². The average Bonchev–Trinajstić information content (AvgIpc) is 2.97. The van der Waals surface area contributed by atoms with Crippen molar-refractivity contribution in [3.63, 3.8) is 0 Å². The Morgan fingerprint density at radius 2 is 1.55 bits per heavy atom. The van der Waals surface area contributed by atoms with E-state index in [9.17, 15) is 0 Å². The van der Waals surface area contributed by atoms with E-state index in [1.165, 1.54) is 49.9 Å². The standard InChI is InChI=1S/C19H23N3/c1-12-2-4-16(5-3-12)17-20-18(22-21-17)19-9-13-6-14(10-19)8-15(7-13)11-19/h2-5,13-15H,6-11H2,1H3,(H,20,21,22). The van der Waals surface area contributed by atoms with Crippen LogP contribution in [0, 0.1) is 24.7 Å². The van der Waals surface area contributed by atoms with Crippen LogP contribution in [-0.4, -0.2) is 15.2 Å². The number of aromatic nitrogens is 3. The van der Waals surface area contributed by atoms with Crippen LogP contribution in [0.25, 0.3) is 11.4 Å². The Kier molecular flexibility index (Phi) is 2.59. The molecule has 4 fully saturated rings. The van der Waals surface area contributed by atoms with E-state index < -0.39 is 0 Å². The topological polar surface area (TPSA) is 41.6 Å². The van der Waals surface area contributed by atoms with Crippen molar-refractivity contribution < 1.29 is 0 Å². The maximum atomic E-state index is 4.93. The predicted molar refractivity (Wildman–Crippen MR) is 86.4 cm³/mol. The van der Waals surface area contributed by atoms with Crippen molar-refractivity contribution in [2.75, 3.05) is 0 Å². The highest BCUT2D eigenvalue weighted by Crippen LogP contribution is 2.60. The van der Waals surface area contributed by atoms with Crippen LogP contribution in [0.15, 0.2) is 24.3 Å². The molecule has 3 heteroatoms. The minimum atomic E-state index is 0.310. The molecule has 22 heavy (non-hydrogen) atoms. The summed E-state index contributed by atoms with van der Waals surface area (Å²) in [7, 11) is 0. The smallest absolute Gasteiger partial charge is 0.181 e. The number of rotatable bonds is 2. The third-order valence-corrected chi connectivity index (χ3v) is 6.34. The van der Waals surface area contributed by atoms with Crippen molar-refractivity contribution in [1.82, 2.24) is 15.2 Å². The van der Waals surface area contributed by atoms with E-state index in [0.29, 0.717) is 5.41 Å². The lowest BCUT2D eigenvalue weighted by atomic mass is 9.49. The Morgan fingerprint density at radius 3 is 2.14 bits per heavy atom. The monoisotopic (exact) mass is 293 g/mol. The summed E-state index contributed by atoms with van der Waals surface area (Å²) in [5, 5.41) is 7.85. The lowest BCUT2D eigenvalue weighted by Crippen LogP contribution is -2.49. The Labute approximate surface area is 131 Å². The molecule has 0 amide bonds. The summed E-state index contributed by atoms with van der Waals surface area (Å²) in [5.74, 6) is 4.87. The van der Waals surface area contributed by atoms with Gasteiger partial charge in [-0.25, -0.2) is 4.98 Å². The van der Waals surface area contributed by atoms with Gasteiger partial charge in [0.05, 0.1) is 0 Å². The van der Waals surface area contributed by atoms with Gasteiger partial charge in [-0.05, 0) is 63.2 Å². The number of H-pyrrole nitrogens is 1. The molecule has 2 aromatic rings. The second-order valence-electron chi connectivity index (χ2n) is 8.07. The zero-order valence-electron chi connectivity index (χ0n) is 13.2. The maximum Gasteiger partial charge on any atom is 0.181 e. The molecule has 0 unspecified atom stereocenters. The Bertz CT molecular complexity index is 662. The SMILES string of the molecule is Cc1ccc(-c2n[nH]c(C34CC5CC(CC(C5)C3)C4)n2)cc1. The van der Waals surface area contributed by atoms with Gasteiger partial charge in [-0.15, -0.1) is 0 Å².